The summed E-state index contributed by atoms with van der Waals surface area (Å²) in [6, 6.07) is 10.7. The fourth-order valence-electron chi connectivity index (χ4n) is 4.14. The third kappa shape index (κ3) is 3.65. The Morgan fingerprint density at radius 2 is 2.03 bits per heavy atom. The summed E-state index contributed by atoms with van der Waals surface area (Å²) in [6.45, 7) is 4.00. The van der Waals surface area contributed by atoms with Crippen LogP contribution in [0.1, 0.15) is 38.4 Å². The zero-order valence-electron chi connectivity index (χ0n) is 18.1. The van der Waals surface area contributed by atoms with E-state index in [0.29, 0.717) is 62.8 Å². The molecule has 0 saturated heterocycles. The lowest BCUT2D eigenvalue weighted by Gasteiger charge is -2.34. The fourth-order valence-corrected chi connectivity index (χ4v) is 4.94. The number of carbonyl (C=O) groups is 1. The minimum absolute atomic E-state index is 0.0923. The van der Waals surface area contributed by atoms with E-state index in [1.807, 2.05) is 38.1 Å². The van der Waals surface area contributed by atoms with Crippen LogP contribution in [0.5, 0.6) is 17.4 Å². The Hall–Kier alpha value is -3.04. The second-order valence-electron chi connectivity index (χ2n) is 7.56. The van der Waals surface area contributed by atoms with Crippen LogP contribution in [0.25, 0.3) is 11.3 Å². The van der Waals surface area contributed by atoms with Gasteiger partial charge in [0.25, 0.3) is 17.0 Å². The molecule has 2 aliphatic rings. The molecule has 0 bridgehead atoms. The summed E-state index contributed by atoms with van der Waals surface area (Å²) in [5.74, 6) is 1.25. The number of carbonyl (C=O) groups excluding carboxylic acids is 1. The van der Waals surface area contributed by atoms with Crippen LogP contribution in [0.2, 0.25) is 5.02 Å². The van der Waals surface area contributed by atoms with Gasteiger partial charge in [0.15, 0.2) is 11.5 Å². The van der Waals surface area contributed by atoms with Gasteiger partial charge in [-0.1, -0.05) is 54.0 Å². The molecule has 2 aliphatic heterocycles. The maximum atomic E-state index is 13.5. The fraction of sp³-hybridized carbons (Fsp3) is 0.304. The summed E-state index contributed by atoms with van der Waals surface area (Å²) in [5, 5.41) is 18.6. The van der Waals surface area contributed by atoms with E-state index < -0.39 is 12.0 Å². The molecule has 8 nitrogen and oxygen atoms in total. The zero-order valence-corrected chi connectivity index (χ0v) is 19.7. The molecule has 0 saturated carbocycles. The van der Waals surface area contributed by atoms with Crippen LogP contribution >= 0.6 is 23.4 Å². The molecule has 1 unspecified atom stereocenters. The number of thioether (sulfide) groups is 1. The Kier molecular flexibility index (Phi) is 5.76. The highest BCUT2D eigenvalue weighted by atomic mass is 35.5. The Morgan fingerprint density at radius 3 is 2.79 bits per heavy atom. The van der Waals surface area contributed by atoms with E-state index in [0.717, 1.165) is 0 Å². The number of ether oxygens (including phenoxy) is 2. The molecular formula is C23H21ClN4O4S. The van der Waals surface area contributed by atoms with Crippen molar-refractivity contribution in [1.29, 1.82) is 0 Å². The molecule has 3 heterocycles. The largest absolute Gasteiger partial charge is 0.854 e. The molecule has 3 aromatic rings. The zero-order chi connectivity index (χ0) is 23.1. The van der Waals surface area contributed by atoms with Crippen LogP contribution in [0.15, 0.2) is 41.6 Å². The van der Waals surface area contributed by atoms with Gasteiger partial charge in [-0.05, 0) is 30.4 Å². The van der Waals surface area contributed by atoms with E-state index in [1.54, 1.807) is 21.7 Å². The molecule has 0 radical (unpaired) electrons. The summed E-state index contributed by atoms with van der Waals surface area (Å²) >= 11 is 8.07. The predicted octanol–water partition coefficient (Wildman–Crippen LogP) is 3.69. The first-order chi connectivity index (χ1) is 16.0. The van der Waals surface area contributed by atoms with Gasteiger partial charge >= 0.3 is 0 Å². The maximum absolute atomic E-state index is 13.5. The van der Waals surface area contributed by atoms with E-state index in [9.17, 15) is 9.90 Å². The molecule has 1 atom stereocenters. The number of para-hydroxylation sites is 1. The summed E-state index contributed by atoms with van der Waals surface area (Å²) in [6.07, 6.45) is 0.210. The standard InChI is InChI=1S/C23H21ClN4O4S/c1-3-7-19(29)27-16-9-6-5-8-13(16)20-21(30)25-23(33-4-2)26-28(20)22(27)14-10-17-18(11-15(14)24)32-12-31-17/h5-6,8-11,22H,3-4,7,12H2,1-2H3. The smallest absolute Gasteiger partial charge is 0.294 e. The number of aromatic nitrogens is 3. The summed E-state index contributed by atoms with van der Waals surface area (Å²) in [4.78, 5) is 19.3. The number of anilines is 1. The van der Waals surface area contributed by atoms with Crippen LogP contribution < -0.4 is 24.2 Å². The maximum Gasteiger partial charge on any atom is 0.294 e. The summed E-state index contributed by atoms with van der Waals surface area (Å²) in [5.41, 5.74) is 2.11. The van der Waals surface area contributed by atoms with Gasteiger partial charge in [0.05, 0.1) is 27.7 Å². The number of nitrogens with zero attached hydrogens (tertiary/aromatic N) is 4. The van der Waals surface area contributed by atoms with Gasteiger partial charge in [-0.15, -0.1) is 0 Å². The molecule has 0 N–H and O–H groups in total. The molecule has 2 aromatic carbocycles. The lowest BCUT2D eigenvalue weighted by atomic mass is 10.00. The van der Waals surface area contributed by atoms with Crippen molar-refractivity contribution in [2.75, 3.05) is 17.4 Å². The molecular weight excluding hydrogens is 464 g/mol. The average molecular weight is 485 g/mol. The predicted molar refractivity (Wildman–Crippen MR) is 122 cm³/mol. The van der Waals surface area contributed by atoms with E-state index in [2.05, 4.69) is 4.98 Å². The number of halogens is 1. The van der Waals surface area contributed by atoms with Crippen molar-refractivity contribution in [2.24, 2.45) is 0 Å². The van der Waals surface area contributed by atoms with Gasteiger partial charge in [0, 0.05) is 17.6 Å². The van der Waals surface area contributed by atoms with Crippen molar-refractivity contribution in [3.05, 3.63) is 47.0 Å². The Bertz CT molecular complexity index is 1260. The molecule has 1 amide bonds. The molecule has 0 aliphatic carbocycles. The molecule has 0 fully saturated rings. The van der Waals surface area contributed by atoms with Crippen LogP contribution in [0.3, 0.4) is 0 Å². The van der Waals surface area contributed by atoms with Gasteiger partial charge < -0.3 is 14.6 Å². The van der Waals surface area contributed by atoms with Crippen LogP contribution in [-0.2, 0) is 4.79 Å². The van der Waals surface area contributed by atoms with Gasteiger partial charge in [0.2, 0.25) is 12.7 Å². The topological polar surface area (TPSA) is 91.5 Å². The molecule has 5 rings (SSSR count). The molecule has 10 heteroatoms. The average Bonchev–Trinajstić information content (AvgIpc) is 3.25. The van der Waals surface area contributed by atoms with Crippen LogP contribution in [-0.4, -0.2) is 28.5 Å². The number of fused-ring (bicyclic) bond motifs is 4. The Morgan fingerprint density at radius 1 is 1.27 bits per heavy atom. The van der Waals surface area contributed by atoms with E-state index in [4.69, 9.17) is 26.2 Å². The van der Waals surface area contributed by atoms with Crippen molar-refractivity contribution >= 4 is 35.0 Å². The van der Waals surface area contributed by atoms with Crippen molar-refractivity contribution in [3.63, 3.8) is 0 Å². The third-order valence-corrected chi connectivity index (χ3v) is 6.54. The molecule has 170 valence electrons. The van der Waals surface area contributed by atoms with Crippen molar-refractivity contribution in [1.82, 2.24) is 10.1 Å². The van der Waals surface area contributed by atoms with Crippen LogP contribution in [0.4, 0.5) is 5.69 Å². The molecule has 33 heavy (non-hydrogen) atoms. The van der Waals surface area contributed by atoms with E-state index in [-0.39, 0.29) is 12.7 Å². The van der Waals surface area contributed by atoms with Gasteiger partial charge in [0.1, 0.15) is 0 Å². The van der Waals surface area contributed by atoms with Gasteiger partial charge in [-0.2, -0.15) is 0 Å². The minimum Gasteiger partial charge on any atom is -0.854 e. The second kappa shape index (κ2) is 8.72. The van der Waals surface area contributed by atoms with E-state index >= 15 is 0 Å². The lowest BCUT2D eigenvalue weighted by molar-refractivity contribution is -0.764. The number of rotatable bonds is 5. The lowest BCUT2D eigenvalue weighted by Crippen LogP contribution is -2.59. The number of hydrogen-bond donors (Lipinski definition) is 0. The quantitative estimate of drug-likeness (QED) is 0.403. The Labute approximate surface area is 200 Å². The highest BCUT2D eigenvalue weighted by Gasteiger charge is 2.46. The second-order valence-corrected chi connectivity index (χ2v) is 9.20. The first-order valence-electron chi connectivity index (χ1n) is 10.7. The van der Waals surface area contributed by atoms with Crippen molar-refractivity contribution in [3.8, 4) is 28.6 Å². The molecule has 0 spiro atoms. The van der Waals surface area contributed by atoms with Crippen molar-refractivity contribution in [2.45, 2.75) is 38.0 Å². The van der Waals surface area contributed by atoms with Gasteiger partial charge in [-0.3, -0.25) is 4.79 Å². The first kappa shape index (κ1) is 21.8. The highest BCUT2D eigenvalue weighted by molar-refractivity contribution is 7.99. The van der Waals surface area contributed by atoms with Crippen LogP contribution in [0, 0.1) is 0 Å². The third-order valence-electron chi connectivity index (χ3n) is 5.49. The number of benzene rings is 2. The summed E-state index contributed by atoms with van der Waals surface area (Å²) < 4.78 is 12.6. The highest BCUT2D eigenvalue weighted by Crippen LogP contribution is 2.45. The van der Waals surface area contributed by atoms with Crippen molar-refractivity contribution < 1.29 is 24.1 Å². The number of amides is 1. The first-order valence-corrected chi connectivity index (χ1v) is 12.0. The minimum atomic E-state index is -0.789. The van der Waals surface area contributed by atoms with Gasteiger partial charge in [-0.25, -0.2) is 9.88 Å². The number of hydrogen-bond acceptors (Lipinski definition) is 7. The van der Waals surface area contributed by atoms with E-state index in [1.165, 1.54) is 11.8 Å². The summed E-state index contributed by atoms with van der Waals surface area (Å²) in [7, 11) is 0. The molecule has 1 aromatic heterocycles. The SMILES string of the molecule is CCCC(=O)N1c2ccccc2-c2c([O-])nc(SCC)n[n+]2C1c1cc2c(cc1Cl)OCO2. The normalized spacial score (nSPS) is 15.8. The monoisotopic (exact) mass is 484 g/mol. The Balaban J connectivity index is 1.81.